The van der Waals surface area contributed by atoms with Gasteiger partial charge in [-0.25, -0.2) is 0 Å². The van der Waals surface area contributed by atoms with E-state index >= 15 is 0 Å². The van der Waals surface area contributed by atoms with E-state index in [1.54, 1.807) is 0 Å². The molecule has 0 spiro atoms. The van der Waals surface area contributed by atoms with Crippen molar-refractivity contribution >= 4 is 0 Å². The van der Waals surface area contributed by atoms with Crippen molar-refractivity contribution in [1.29, 1.82) is 0 Å². The van der Waals surface area contributed by atoms with E-state index in [9.17, 15) is 0 Å². The van der Waals surface area contributed by atoms with E-state index in [2.05, 4.69) is 6.92 Å². The molecule has 94 valence electrons. The summed E-state index contributed by atoms with van der Waals surface area (Å²) in [6, 6.07) is 9.48. The summed E-state index contributed by atoms with van der Waals surface area (Å²) in [5.41, 5.74) is 0.132. The molecule has 1 atom stereocenters. The van der Waals surface area contributed by atoms with Crippen LogP contribution in [0.25, 0.3) is 0 Å². The molecule has 0 saturated carbocycles. The Bertz CT molecular complexity index is 346. The van der Waals surface area contributed by atoms with E-state index < -0.39 is 6.29 Å². The van der Waals surface area contributed by atoms with Crippen LogP contribution in [0.5, 0.6) is 5.75 Å². The Hall–Kier alpha value is -1.06. The van der Waals surface area contributed by atoms with E-state index in [0.29, 0.717) is 6.61 Å². The van der Waals surface area contributed by atoms with Crippen molar-refractivity contribution in [3.05, 3.63) is 30.3 Å². The first-order valence-corrected chi connectivity index (χ1v) is 5.98. The summed E-state index contributed by atoms with van der Waals surface area (Å²) in [7, 11) is 0. The molecule has 0 aliphatic carbocycles. The number of hydrogen-bond acceptors (Lipinski definition) is 3. The van der Waals surface area contributed by atoms with Gasteiger partial charge < -0.3 is 14.2 Å². The van der Waals surface area contributed by atoms with Gasteiger partial charge in [-0.05, 0) is 25.5 Å². The van der Waals surface area contributed by atoms with Crippen LogP contribution in [0.1, 0.15) is 21.6 Å². The van der Waals surface area contributed by atoms with Gasteiger partial charge in [0.15, 0.2) is 6.29 Å². The molecule has 0 N–H and O–H groups in total. The minimum atomic E-state index is -0.503. The molecule has 1 saturated heterocycles. The largest absolute Gasteiger partial charge is 0.465 e. The van der Waals surface area contributed by atoms with E-state index in [-0.39, 0.29) is 12.3 Å². The van der Waals surface area contributed by atoms with Crippen LogP contribution in [0.15, 0.2) is 30.3 Å². The third-order valence-corrected chi connectivity index (χ3v) is 3.15. The van der Waals surface area contributed by atoms with Crippen LogP contribution >= 0.6 is 0 Å². The maximum absolute atomic E-state index is 7.47. The van der Waals surface area contributed by atoms with Gasteiger partial charge in [-0.3, -0.25) is 0 Å². The number of rotatable bonds is 6. The lowest BCUT2D eigenvalue weighted by atomic mass is 9.84. The Morgan fingerprint density at radius 2 is 2.18 bits per heavy atom. The summed E-state index contributed by atoms with van der Waals surface area (Å²) in [5, 5.41) is 0. The first kappa shape index (κ1) is 11.1. The second kappa shape index (κ2) is 5.52. The molecule has 3 nitrogen and oxygen atoms in total. The minimum absolute atomic E-state index is 0.0928. The van der Waals surface area contributed by atoms with Crippen molar-refractivity contribution in [1.82, 2.24) is 0 Å². The van der Waals surface area contributed by atoms with Crippen molar-refractivity contribution in [2.45, 2.75) is 26.5 Å². The van der Waals surface area contributed by atoms with E-state index in [0.717, 1.165) is 25.4 Å². The van der Waals surface area contributed by atoms with Crippen LogP contribution in [-0.4, -0.2) is 26.1 Å². The molecule has 1 aliphatic heterocycles. The highest BCUT2D eigenvalue weighted by Gasteiger charge is 2.37. The normalized spacial score (nSPS) is 20.2. The number of benzene rings is 1. The average molecular weight is 237 g/mol. The van der Waals surface area contributed by atoms with Crippen molar-refractivity contribution in [3.63, 3.8) is 0 Å². The predicted octanol–water partition coefficient (Wildman–Crippen LogP) is 2.85. The Morgan fingerprint density at radius 3 is 2.71 bits per heavy atom. The minimum Gasteiger partial charge on any atom is -0.465 e. The first-order valence-electron chi connectivity index (χ1n) is 6.69. The molecule has 1 aromatic carbocycles. The van der Waals surface area contributed by atoms with Gasteiger partial charge in [0.2, 0.25) is 0 Å². The van der Waals surface area contributed by atoms with Crippen molar-refractivity contribution < 1.29 is 15.6 Å². The molecule has 1 fully saturated rings. The van der Waals surface area contributed by atoms with Gasteiger partial charge in [0.25, 0.3) is 0 Å². The Kier molecular flexibility index (Phi) is 3.59. The van der Waals surface area contributed by atoms with Gasteiger partial charge in [-0.2, -0.15) is 0 Å². The second-order valence-electron chi connectivity index (χ2n) is 4.52. The lowest BCUT2D eigenvalue weighted by molar-refractivity contribution is -0.182. The standard InChI is InChI=1S/C14H20O3/c1-3-14(9-15-10-14)11-16-12(2)17-13-7-5-4-6-8-13/h4-8,12H,3,9-11H2,1-2H3/i2D. The highest BCUT2D eigenvalue weighted by Crippen LogP contribution is 2.31. The summed E-state index contributed by atoms with van der Waals surface area (Å²) >= 11 is 0. The van der Waals surface area contributed by atoms with Crippen LogP contribution in [0, 0.1) is 5.41 Å². The van der Waals surface area contributed by atoms with Crippen LogP contribution in [0.4, 0.5) is 0 Å². The Morgan fingerprint density at radius 1 is 1.41 bits per heavy atom. The zero-order valence-corrected chi connectivity index (χ0v) is 10.2. The summed E-state index contributed by atoms with van der Waals surface area (Å²) in [5.74, 6) is 0.741. The van der Waals surface area contributed by atoms with Crippen molar-refractivity contribution in [3.8, 4) is 5.75 Å². The molecule has 17 heavy (non-hydrogen) atoms. The van der Waals surface area contributed by atoms with Crippen LogP contribution in [0.2, 0.25) is 0 Å². The smallest absolute Gasteiger partial charge is 0.197 e. The summed E-state index contributed by atoms with van der Waals surface area (Å²) in [6.45, 7) is 4.33. The third-order valence-electron chi connectivity index (χ3n) is 3.15. The van der Waals surface area contributed by atoms with E-state index in [1.807, 2.05) is 30.3 Å². The SMILES string of the molecule is [2H]CC(OCC1(CC)COC1)Oc1ccccc1. The molecule has 0 bridgehead atoms. The molecule has 2 rings (SSSR count). The van der Waals surface area contributed by atoms with Gasteiger partial charge in [0.05, 0.1) is 19.8 Å². The fourth-order valence-corrected chi connectivity index (χ4v) is 1.73. The lowest BCUT2D eigenvalue weighted by Gasteiger charge is -2.40. The maximum atomic E-state index is 7.47. The Labute approximate surface area is 104 Å². The monoisotopic (exact) mass is 237 g/mol. The number of para-hydroxylation sites is 1. The lowest BCUT2D eigenvalue weighted by Crippen LogP contribution is -2.46. The highest BCUT2D eigenvalue weighted by molar-refractivity contribution is 5.20. The highest BCUT2D eigenvalue weighted by atomic mass is 16.7. The molecule has 0 aromatic heterocycles. The maximum Gasteiger partial charge on any atom is 0.197 e. The molecule has 1 aromatic rings. The zero-order valence-electron chi connectivity index (χ0n) is 11.2. The van der Waals surface area contributed by atoms with Gasteiger partial charge in [0, 0.05) is 6.79 Å². The molecular formula is C14H20O3. The second-order valence-corrected chi connectivity index (χ2v) is 4.52. The fourth-order valence-electron chi connectivity index (χ4n) is 1.73. The van der Waals surface area contributed by atoms with Gasteiger partial charge in [-0.15, -0.1) is 0 Å². The predicted molar refractivity (Wildman–Crippen MR) is 66.0 cm³/mol. The van der Waals surface area contributed by atoms with Gasteiger partial charge >= 0.3 is 0 Å². The van der Waals surface area contributed by atoms with Crippen LogP contribution in [0.3, 0.4) is 0 Å². The quantitative estimate of drug-likeness (QED) is 0.712. The molecule has 3 heteroatoms. The van der Waals surface area contributed by atoms with E-state index in [1.165, 1.54) is 0 Å². The fraction of sp³-hybridized carbons (Fsp3) is 0.571. The molecular weight excluding hydrogens is 216 g/mol. The molecule has 1 aliphatic rings. The van der Waals surface area contributed by atoms with Crippen LogP contribution in [-0.2, 0) is 9.47 Å². The molecule has 1 unspecified atom stereocenters. The molecule has 0 amide bonds. The van der Waals surface area contributed by atoms with Gasteiger partial charge in [0.1, 0.15) is 5.75 Å². The molecule has 1 heterocycles. The summed E-state index contributed by atoms with van der Waals surface area (Å²) < 4.78 is 24.0. The first-order chi connectivity index (χ1) is 8.78. The topological polar surface area (TPSA) is 27.7 Å². The average Bonchev–Trinajstić information content (AvgIpc) is 2.37. The van der Waals surface area contributed by atoms with Crippen molar-refractivity contribution in [2.24, 2.45) is 5.41 Å². The number of hydrogen-bond donors (Lipinski definition) is 0. The van der Waals surface area contributed by atoms with Crippen LogP contribution < -0.4 is 4.74 Å². The molecule has 0 radical (unpaired) electrons. The number of ether oxygens (including phenoxy) is 3. The van der Waals surface area contributed by atoms with Gasteiger partial charge in [-0.1, -0.05) is 25.1 Å². The zero-order chi connectivity index (χ0) is 12.8. The van der Waals surface area contributed by atoms with Crippen molar-refractivity contribution in [2.75, 3.05) is 19.8 Å². The summed E-state index contributed by atoms with van der Waals surface area (Å²) in [6.07, 6.45) is 0.528. The third kappa shape index (κ3) is 3.20. The summed E-state index contributed by atoms with van der Waals surface area (Å²) in [4.78, 5) is 0. The van der Waals surface area contributed by atoms with E-state index in [4.69, 9.17) is 15.6 Å². The Balaban J connectivity index is 1.82.